The highest BCUT2D eigenvalue weighted by atomic mass is 19.1. The van der Waals surface area contributed by atoms with E-state index in [-0.39, 0.29) is 22.4 Å². The van der Waals surface area contributed by atoms with Gasteiger partial charge in [0.25, 0.3) is 5.91 Å². The molecule has 0 saturated heterocycles. The summed E-state index contributed by atoms with van der Waals surface area (Å²) in [7, 11) is 1.28. The minimum absolute atomic E-state index is 0.0262. The second-order valence-corrected chi connectivity index (χ2v) is 3.19. The summed E-state index contributed by atoms with van der Waals surface area (Å²) in [6.07, 6.45) is 0. The van der Waals surface area contributed by atoms with Gasteiger partial charge < -0.3 is 15.6 Å². The normalized spacial score (nSPS) is 10.1. The molecule has 1 rings (SSSR count). The third-order valence-corrected chi connectivity index (χ3v) is 2.28. The second kappa shape index (κ2) is 3.76. The van der Waals surface area contributed by atoms with E-state index < -0.39 is 17.5 Å². The van der Waals surface area contributed by atoms with Crippen LogP contribution in [0.25, 0.3) is 0 Å². The summed E-state index contributed by atoms with van der Waals surface area (Å²) in [6.45, 7) is 2.83. The summed E-state index contributed by atoms with van der Waals surface area (Å²) in [5.41, 5.74) is 4.97. The molecule has 82 valence electrons. The Bertz CT molecular complexity index is 429. The van der Waals surface area contributed by atoms with Crippen LogP contribution >= 0.6 is 0 Å². The number of methoxy groups -OCH3 is 1. The van der Waals surface area contributed by atoms with E-state index in [1.165, 1.54) is 21.0 Å². The Hall–Kier alpha value is -1.78. The van der Waals surface area contributed by atoms with E-state index in [0.717, 1.165) is 0 Å². The average Bonchev–Trinajstić information content (AvgIpc) is 2.15. The molecule has 15 heavy (non-hydrogen) atoms. The Labute approximate surface area is 86.5 Å². The molecule has 1 aromatic carbocycles. The number of phenols is 1. The lowest BCUT2D eigenvalue weighted by Crippen LogP contribution is -2.15. The minimum Gasteiger partial charge on any atom is -0.504 e. The molecule has 5 heteroatoms. The molecule has 0 aliphatic rings. The predicted octanol–water partition coefficient (Wildman–Crippen LogP) is 1.26. The van der Waals surface area contributed by atoms with Crippen LogP contribution in [0.15, 0.2) is 0 Å². The molecular formula is C10H12FNO3. The third kappa shape index (κ3) is 1.60. The Balaban J connectivity index is 3.68. The van der Waals surface area contributed by atoms with Crippen LogP contribution in [0.2, 0.25) is 0 Å². The van der Waals surface area contributed by atoms with Crippen molar-refractivity contribution < 1.29 is 19.0 Å². The molecule has 0 unspecified atom stereocenters. The van der Waals surface area contributed by atoms with Gasteiger partial charge in [-0.3, -0.25) is 4.79 Å². The maximum Gasteiger partial charge on any atom is 0.252 e. The Morgan fingerprint density at radius 1 is 1.40 bits per heavy atom. The van der Waals surface area contributed by atoms with Crippen molar-refractivity contribution in [3.63, 3.8) is 0 Å². The number of rotatable bonds is 2. The monoisotopic (exact) mass is 213 g/mol. The van der Waals surface area contributed by atoms with Crippen molar-refractivity contribution in [1.29, 1.82) is 0 Å². The fourth-order valence-corrected chi connectivity index (χ4v) is 1.51. The third-order valence-electron chi connectivity index (χ3n) is 2.28. The van der Waals surface area contributed by atoms with Gasteiger partial charge in [0.1, 0.15) is 5.82 Å². The second-order valence-electron chi connectivity index (χ2n) is 3.19. The molecule has 0 saturated carbocycles. The Morgan fingerprint density at radius 3 is 2.33 bits per heavy atom. The highest BCUT2D eigenvalue weighted by Gasteiger charge is 2.22. The van der Waals surface area contributed by atoms with E-state index in [9.17, 15) is 14.3 Å². The number of carbonyl (C=O) groups is 1. The van der Waals surface area contributed by atoms with Crippen molar-refractivity contribution in [3.8, 4) is 11.5 Å². The summed E-state index contributed by atoms with van der Waals surface area (Å²) in [6, 6.07) is 0. The molecule has 4 nitrogen and oxygen atoms in total. The van der Waals surface area contributed by atoms with Gasteiger partial charge in [0.15, 0.2) is 11.5 Å². The topological polar surface area (TPSA) is 72.5 Å². The Kier molecular flexibility index (Phi) is 2.83. The van der Waals surface area contributed by atoms with Crippen molar-refractivity contribution in [2.45, 2.75) is 13.8 Å². The van der Waals surface area contributed by atoms with Crippen molar-refractivity contribution in [3.05, 3.63) is 22.5 Å². The van der Waals surface area contributed by atoms with Crippen molar-refractivity contribution in [1.82, 2.24) is 0 Å². The lowest BCUT2D eigenvalue weighted by atomic mass is 10.0. The van der Waals surface area contributed by atoms with Crippen LogP contribution in [-0.2, 0) is 0 Å². The van der Waals surface area contributed by atoms with Crippen LogP contribution in [-0.4, -0.2) is 18.1 Å². The van der Waals surface area contributed by atoms with E-state index in [1.807, 2.05) is 0 Å². The lowest BCUT2D eigenvalue weighted by molar-refractivity contribution is 0.0996. The summed E-state index contributed by atoms with van der Waals surface area (Å²) >= 11 is 0. The van der Waals surface area contributed by atoms with E-state index in [0.29, 0.717) is 0 Å². The van der Waals surface area contributed by atoms with Crippen LogP contribution in [0.5, 0.6) is 11.5 Å². The van der Waals surface area contributed by atoms with Gasteiger partial charge in [-0.2, -0.15) is 0 Å². The summed E-state index contributed by atoms with van der Waals surface area (Å²) in [5.74, 6) is -1.96. The maximum absolute atomic E-state index is 13.6. The standard InChI is InChI=1S/C10H12FNO3/c1-4-6(10(12)14)8(13)9(15-3)5(2)7(4)11/h13H,1-3H3,(H2,12,14). The molecule has 1 amide bonds. The molecule has 0 bridgehead atoms. The molecule has 0 radical (unpaired) electrons. The van der Waals surface area contributed by atoms with Crippen LogP contribution in [0.3, 0.4) is 0 Å². The SMILES string of the molecule is COc1c(C)c(F)c(C)c(C(N)=O)c1O. The van der Waals surface area contributed by atoms with Gasteiger partial charge in [-0.25, -0.2) is 4.39 Å². The summed E-state index contributed by atoms with van der Waals surface area (Å²) in [4.78, 5) is 11.0. The first-order valence-electron chi connectivity index (χ1n) is 4.27. The number of ether oxygens (including phenoxy) is 1. The number of hydrogen-bond acceptors (Lipinski definition) is 3. The van der Waals surface area contributed by atoms with Gasteiger partial charge in [0, 0.05) is 11.1 Å². The minimum atomic E-state index is -0.887. The van der Waals surface area contributed by atoms with Gasteiger partial charge >= 0.3 is 0 Å². The van der Waals surface area contributed by atoms with Gasteiger partial charge in [-0.15, -0.1) is 0 Å². The number of primary amides is 1. The van der Waals surface area contributed by atoms with Gasteiger partial charge in [-0.1, -0.05) is 0 Å². The highest BCUT2D eigenvalue weighted by Crippen LogP contribution is 2.37. The molecule has 0 atom stereocenters. The predicted molar refractivity (Wildman–Crippen MR) is 52.6 cm³/mol. The molecule has 3 N–H and O–H groups in total. The highest BCUT2D eigenvalue weighted by molar-refractivity contribution is 5.98. The maximum atomic E-state index is 13.6. The molecule has 0 aromatic heterocycles. The van der Waals surface area contributed by atoms with E-state index in [1.54, 1.807) is 0 Å². The fourth-order valence-electron chi connectivity index (χ4n) is 1.51. The number of carbonyl (C=O) groups excluding carboxylic acids is 1. The van der Waals surface area contributed by atoms with Crippen LogP contribution in [0.4, 0.5) is 4.39 Å². The molecule has 0 spiro atoms. The zero-order chi connectivity index (χ0) is 11.7. The number of aromatic hydroxyl groups is 1. The number of hydrogen-bond donors (Lipinski definition) is 2. The Morgan fingerprint density at radius 2 is 1.93 bits per heavy atom. The number of halogens is 1. The quantitative estimate of drug-likeness (QED) is 0.776. The average molecular weight is 213 g/mol. The first-order valence-corrected chi connectivity index (χ1v) is 4.27. The fraction of sp³-hybridized carbons (Fsp3) is 0.300. The van der Waals surface area contributed by atoms with Gasteiger partial charge in [-0.05, 0) is 13.8 Å². The van der Waals surface area contributed by atoms with E-state index in [2.05, 4.69) is 0 Å². The van der Waals surface area contributed by atoms with Crippen LogP contribution < -0.4 is 10.5 Å². The lowest BCUT2D eigenvalue weighted by Gasteiger charge is -2.13. The summed E-state index contributed by atoms with van der Waals surface area (Å²) < 4.78 is 18.4. The molecule has 0 heterocycles. The zero-order valence-electron chi connectivity index (χ0n) is 8.72. The zero-order valence-corrected chi connectivity index (χ0v) is 8.72. The van der Waals surface area contributed by atoms with Gasteiger partial charge in [0.2, 0.25) is 0 Å². The number of amides is 1. The largest absolute Gasteiger partial charge is 0.504 e. The van der Waals surface area contributed by atoms with Crippen molar-refractivity contribution >= 4 is 5.91 Å². The van der Waals surface area contributed by atoms with Crippen molar-refractivity contribution in [2.24, 2.45) is 5.73 Å². The first kappa shape index (κ1) is 11.3. The molecular weight excluding hydrogens is 201 g/mol. The van der Waals surface area contributed by atoms with E-state index in [4.69, 9.17) is 10.5 Å². The number of nitrogens with two attached hydrogens (primary N) is 1. The van der Waals surface area contributed by atoms with Crippen LogP contribution in [0.1, 0.15) is 21.5 Å². The molecule has 0 aliphatic heterocycles. The molecule has 0 aliphatic carbocycles. The van der Waals surface area contributed by atoms with Gasteiger partial charge in [0.05, 0.1) is 12.7 Å². The van der Waals surface area contributed by atoms with Crippen molar-refractivity contribution in [2.75, 3.05) is 7.11 Å². The molecule has 1 aromatic rings. The molecule has 0 fully saturated rings. The summed E-state index contributed by atoms with van der Waals surface area (Å²) in [5, 5.41) is 9.65. The van der Waals surface area contributed by atoms with Crippen LogP contribution in [0, 0.1) is 19.7 Å². The first-order chi connectivity index (χ1) is 6.91. The number of benzene rings is 1. The smallest absolute Gasteiger partial charge is 0.252 e. The van der Waals surface area contributed by atoms with E-state index >= 15 is 0 Å².